The third kappa shape index (κ3) is 2.40. The number of alkyl halides is 3. The number of halogens is 3. The maximum atomic E-state index is 13.8. The molecule has 0 bridgehead atoms. The van der Waals surface area contributed by atoms with Crippen molar-refractivity contribution in [2.75, 3.05) is 0 Å². The van der Waals surface area contributed by atoms with Gasteiger partial charge in [0.25, 0.3) is 5.91 Å². The highest BCUT2D eigenvalue weighted by Crippen LogP contribution is 2.43. The van der Waals surface area contributed by atoms with Crippen LogP contribution in [-0.4, -0.2) is 28.0 Å². The van der Waals surface area contributed by atoms with E-state index in [1.54, 1.807) is 12.1 Å². The molecule has 8 heteroatoms. The van der Waals surface area contributed by atoms with E-state index in [1.165, 1.54) is 42.7 Å². The van der Waals surface area contributed by atoms with E-state index in [4.69, 9.17) is 0 Å². The summed E-state index contributed by atoms with van der Waals surface area (Å²) in [6.07, 6.45) is -2.11. The number of nitrogens with zero attached hydrogens (tertiary/aromatic N) is 2. The normalized spacial score (nSPS) is 21.0. The van der Waals surface area contributed by atoms with Crippen molar-refractivity contribution in [1.29, 1.82) is 0 Å². The standard InChI is InChI=1S/C16H12F3N3O2/c17-16(18,19)15(12-6-2-1-3-7-12)13(23)22(14(24)21-15)10-11-5-4-8-20-9-11/h1-9H,10H2,(H,21,24)/t15-/m1/s1. The van der Waals surface area contributed by atoms with Crippen molar-refractivity contribution in [3.05, 3.63) is 66.0 Å². The Hall–Kier alpha value is -2.90. The van der Waals surface area contributed by atoms with Crippen molar-refractivity contribution in [2.45, 2.75) is 18.3 Å². The number of amides is 3. The molecule has 3 rings (SSSR count). The predicted molar refractivity (Wildman–Crippen MR) is 77.5 cm³/mol. The fourth-order valence-corrected chi connectivity index (χ4v) is 2.63. The Balaban J connectivity index is 2.03. The van der Waals surface area contributed by atoms with Gasteiger partial charge in [-0.1, -0.05) is 36.4 Å². The highest BCUT2D eigenvalue weighted by molar-refractivity contribution is 6.08. The van der Waals surface area contributed by atoms with Crippen molar-refractivity contribution in [1.82, 2.24) is 15.2 Å². The van der Waals surface area contributed by atoms with Gasteiger partial charge in [-0.3, -0.25) is 14.7 Å². The van der Waals surface area contributed by atoms with Gasteiger partial charge in [0.1, 0.15) is 0 Å². The largest absolute Gasteiger partial charge is 0.425 e. The second kappa shape index (κ2) is 5.63. The summed E-state index contributed by atoms with van der Waals surface area (Å²) in [6.45, 7) is -0.289. The molecule has 0 unspecified atom stereocenters. The summed E-state index contributed by atoms with van der Waals surface area (Å²) in [5, 5.41) is 1.84. The first-order valence-corrected chi connectivity index (χ1v) is 7.01. The monoisotopic (exact) mass is 335 g/mol. The van der Waals surface area contributed by atoms with Gasteiger partial charge in [-0.25, -0.2) is 4.79 Å². The smallest absolute Gasteiger partial charge is 0.312 e. The molecule has 1 saturated heterocycles. The number of nitrogens with one attached hydrogen (secondary N) is 1. The number of benzene rings is 1. The van der Waals surface area contributed by atoms with Crippen LogP contribution in [0.4, 0.5) is 18.0 Å². The number of carbonyl (C=O) groups is 2. The maximum absolute atomic E-state index is 13.8. The number of hydrogen-bond donors (Lipinski definition) is 1. The van der Waals surface area contributed by atoms with Crippen molar-refractivity contribution >= 4 is 11.9 Å². The van der Waals surface area contributed by atoms with E-state index >= 15 is 0 Å². The average Bonchev–Trinajstić information content (AvgIpc) is 2.82. The number of pyridine rings is 1. The molecule has 1 fully saturated rings. The molecule has 1 atom stereocenters. The molecule has 0 radical (unpaired) electrons. The van der Waals surface area contributed by atoms with Crippen molar-refractivity contribution in [3.63, 3.8) is 0 Å². The highest BCUT2D eigenvalue weighted by atomic mass is 19.4. The quantitative estimate of drug-likeness (QED) is 0.877. The molecule has 5 nitrogen and oxygen atoms in total. The zero-order valence-corrected chi connectivity index (χ0v) is 12.2. The van der Waals surface area contributed by atoms with E-state index in [0.717, 1.165) is 0 Å². The topological polar surface area (TPSA) is 62.3 Å². The minimum Gasteiger partial charge on any atom is -0.312 e. The zero-order valence-electron chi connectivity index (χ0n) is 12.2. The van der Waals surface area contributed by atoms with Gasteiger partial charge >= 0.3 is 12.2 Å². The minimum atomic E-state index is -4.98. The Morgan fingerprint density at radius 2 is 1.79 bits per heavy atom. The molecule has 1 aromatic carbocycles. The molecule has 1 aromatic heterocycles. The molecule has 2 heterocycles. The average molecular weight is 335 g/mol. The lowest BCUT2D eigenvalue weighted by Gasteiger charge is -2.29. The first kappa shape index (κ1) is 16.0. The zero-order chi connectivity index (χ0) is 17.4. The van der Waals surface area contributed by atoms with E-state index in [9.17, 15) is 22.8 Å². The molecule has 0 aliphatic carbocycles. The number of aromatic nitrogens is 1. The van der Waals surface area contributed by atoms with Crippen LogP contribution in [0.15, 0.2) is 54.9 Å². The number of hydrogen-bond acceptors (Lipinski definition) is 3. The summed E-state index contributed by atoms with van der Waals surface area (Å²) in [4.78, 5) is 29.1. The lowest BCUT2D eigenvalue weighted by molar-refractivity contribution is -0.198. The molecular weight excluding hydrogens is 323 g/mol. The van der Waals surface area contributed by atoms with Gasteiger partial charge in [-0.2, -0.15) is 13.2 Å². The van der Waals surface area contributed by atoms with Crippen LogP contribution in [0.5, 0.6) is 0 Å². The Morgan fingerprint density at radius 1 is 1.08 bits per heavy atom. The van der Waals surface area contributed by atoms with E-state index in [2.05, 4.69) is 4.98 Å². The van der Waals surface area contributed by atoms with Crippen molar-refractivity contribution in [2.24, 2.45) is 0 Å². The van der Waals surface area contributed by atoms with Gasteiger partial charge in [0.2, 0.25) is 5.54 Å². The van der Waals surface area contributed by atoms with Gasteiger partial charge in [-0.15, -0.1) is 0 Å². The molecule has 1 aliphatic heterocycles. The Labute approximate surface area is 135 Å². The first-order chi connectivity index (χ1) is 11.4. The molecular formula is C16H12F3N3O2. The van der Waals surface area contributed by atoms with Crippen LogP contribution in [-0.2, 0) is 16.9 Å². The van der Waals surface area contributed by atoms with Gasteiger partial charge in [0.15, 0.2) is 0 Å². The van der Waals surface area contributed by atoms with E-state index < -0.39 is 23.7 Å². The van der Waals surface area contributed by atoms with Crippen LogP contribution in [0.2, 0.25) is 0 Å². The lowest BCUT2D eigenvalue weighted by atomic mass is 9.89. The van der Waals surface area contributed by atoms with Crippen LogP contribution in [0.1, 0.15) is 11.1 Å². The third-order valence-corrected chi connectivity index (χ3v) is 3.80. The minimum absolute atomic E-state index is 0.289. The summed E-state index contributed by atoms with van der Waals surface area (Å²) in [5.41, 5.74) is -2.95. The summed E-state index contributed by atoms with van der Waals surface area (Å²) in [6, 6.07) is 8.68. The molecule has 1 N–H and O–H groups in total. The van der Waals surface area contributed by atoms with E-state index in [-0.39, 0.29) is 12.1 Å². The van der Waals surface area contributed by atoms with Crippen LogP contribution in [0, 0.1) is 0 Å². The van der Waals surface area contributed by atoms with Crippen LogP contribution >= 0.6 is 0 Å². The number of imide groups is 1. The Kier molecular flexibility index (Phi) is 3.75. The lowest BCUT2D eigenvalue weighted by Crippen LogP contribution is -2.55. The summed E-state index contributed by atoms with van der Waals surface area (Å²) in [5.74, 6) is -1.35. The molecule has 124 valence electrons. The van der Waals surface area contributed by atoms with Gasteiger partial charge < -0.3 is 5.32 Å². The van der Waals surface area contributed by atoms with Crippen molar-refractivity contribution < 1.29 is 22.8 Å². The number of rotatable bonds is 3. The molecule has 24 heavy (non-hydrogen) atoms. The molecule has 3 amide bonds. The predicted octanol–water partition coefficient (Wildman–Crippen LogP) is 2.59. The second-order valence-electron chi connectivity index (χ2n) is 5.30. The fraction of sp³-hybridized carbons (Fsp3) is 0.188. The number of urea groups is 1. The summed E-state index contributed by atoms with van der Waals surface area (Å²) in [7, 11) is 0. The van der Waals surface area contributed by atoms with Gasteiger partial charge in [-0.05, 0) is 17.2 Å². The van der Waals surface area contributed by atoms with Gasteiger partial charge in [0.05, 0.1) is 6.54 Å². The summed E-state index contributed by atoms with van der Waals surface area (Å²) < 4.78 is 41.3. The van der Waals surface area contributed by atoms with E-state index in [1.807, 2.05) is 5.32 Å². The second-order valence-corrected chi connectivity index (χ2v) is 5.30. The fourth-order valence-electron chi connectivity index (χ4n) is 2.63. The Bertz CT molecular complexity index is 765. The number of carbonyl (C=O) groups excluding carboxylic acids is 2. The maximum Gasteiger partial charge on any atom is 0.425 e. The van der Waals surface area contributed by atoms with Crippen LogP contribution in [0.25, 0.3) is 0 Å². The van der Waals surface area contributed by atoms with Crippen LogP contribution in [0.3, 0.4) is 0 Å². The van der Waals surface area contributed by atoms with Crippen LogP contribution < -0.4 is 5.32 Å². The SMILES string of the molecule is O=C1N[C@@](c2ccccc2)(C(F)(F)F)C(=O)N1Cc1cccnc1. The third-order valence-electron chi connectivity index (χ3n) is 3.80. The summed E-state index contributed by atoms with van der Waals surface area (Å²) >= 11 is 0. The first-order valence-electron chi connectivity index (χ1n) is 7.01. The highest BCUT2D eigenvalue weighted by Gasteiger charge is 2.68. The molecule has 1 aliphatic rings. The van der Waals surface area contributed by atoms with Crippen molar-refractivity contribution in [3.8, 4) is 0 Å². The Morgan fingerprint density at radius 3 is 2.38 bits per heavy atom. The van der Waals surface area contributed by atoms with Gasteiger partial charge in [0, 0.05) is 12.4 Å². The molecule has 2 aromatic rings. The molecule has 0 saturated carbocycles. The molecule has 0 spiro atoms. The van der Waals surface area contributed by atoms with E-state index in [0.29, 0.717) is 10.5 Å².